The largest absolute Gasteiger partial charge is 0.351 e. The summed E-state index contributed by atoms with van der Waals surface area (Å²) in [6, 6.07) is 16.7. The minimum absolute atomic E-state index is 0.0478. The fourth-order valence-corrected chi connectivity index (χ4v) is 7.07. The topological polar surface area (TPSA) is 128 Å². The molecule has 2 heterocycles. The lowest BCUT2D eigenvalue weighted by molar-refractivity contribution is -0.141. The number of carbonyl (C=O) groups excluding carboxylic acids is 5. The Morgan fingerprint density at radius 1 is 1.05 bits per heavy atom. The van der Waals surface area contributed by atoms with Crippen molar-refractivity contribution in [1.82, 2.24) is 20.5 Å². The number of benzene rings is 2. The van der Waals surface area contributed by atoms with Gasteiger partial charge in [-0.05, 0) is 54.2 Å². The van der Waals surface area contributed by atoms with Gasteiger partial charge in [-0.3, -0.25) is 24.0 Å². The van der Waals surface area contributed by atoms with E-state index in [1.165, 1.54) is 0 Å². The molecule has 0 bridgehead atoms. The Hall–Kier alpha value is -4.27. The normalized spacial score (nSPS) is 24.7. The predicted octanol–water partition coefficient (Wildman–Crippen LogP) is 3.39. The molecule has 3 fully saturated rings. The average molecular weight is 569 g/mol. The van der Waals surface area contributed by atoms with Crippen LogP contribution < -0.4 is 10.6 Å². The van der Waals surface area contributed by atoms with Gasteiger partial charge in [0.15, 0.2) is 0 Å². The van der Waals surface area contributed by atoms with Gasteiger partial charge >= 0.3 is 0 Å². The highest BCUT2D eigenvalue weighted by molar-refractivity contribution is 6.38. The van der Waals surface area contributed by atoms with Gasteiger partial charge in [0.25, 0.3) is 11.8 Å². The SMILES string of the molecule is CC1(C)[C@@H]2[C@@H](C(=O)N[C@@H](C[C@@H]3CCCC3=O)C(=O)C(=O)NCc3ccccc3)N(C(=O)c3cc4ccccc4[nH]3)C[C@@H]21. The van der Waals surface area contributed by atoms with E-state index in [0.717, 1.165) is 22.9 Å². The van der Waals surface area contributed by atoms with Crippen LogP contribution in [0.25, 0.3) is 10.9 Å². The molecule has 0 unspecified atom stereocenters. The van der Waals surface area contributed by atoms with Gasteiger partial charge in [-0.1, -0.05) is 62.4 Å². The highest BCUT2D eigenvalue weighted by Crippen LogP contribution is 2.65. The second-order valence-corrected chi connectivity index (χ2v) is 12.5. The Kier molecular flexibility index (Phi) is 7.20. The van der Waals surface area contributed by atoms with Crippen molar-refractivity contribution in [2.45, 2.75) is 58.2 Å². The van der Waals surface area contributed by atoms with E-state index < -0.39 is 29.7 Å². The molecule has 1 aromatic heterocycles. The molecule has 2 saturated carbocycles. The van der Waals surface area contributed by atoms with Gasteiger partial charge in [0.05, 0.1) is 6.04 Å². The number of amides is 3. The number of carbonyl (C=O) groups is 5. The molecule has 42 heavy (non-hydrogen) atoms. The first kappa shape index (κ1) is 27.9. The number of aromatic nitrogens is 1. The quantitative estimate of drug-likeness (QED) is 0.341. The minimum Gasteiger partial charge on any atom is -0.351 e. The van der Waals surface area contributed by atoms with Crippen LogP contribution in [0.15, 0.2) is 60.7 Å². The lowest BCUT2D eigenvalue weighted by atomic mass is 9.93. The predicted molar refractivity (Wildman–Crippen MR) is 156 cm³/mol. The number of ketones is 2. The monoisotopic (exact) mass is 568 g/mol. The number of nitrogens with one attached hydrogen (secondary N) is 3. The van der Waals surface area contributed by atoms with E-state index in [1.54, 1.807) is 11.0 Å². The lowest BCUT2D eigenvalue weighted by Crippen LogP contribution is -2.55. The van der Waals surface area contributed by atoms with Crippen molar-refractivity contribution < 1.29 is 24.0 Å². The summed E-state index contributed by atoms with van der Waals surface area (Å²) in [7, 11) is 0. The third-order valence-electron chi connectivity index (χ3n) is 9.60. The van der Waals surface area contributed by atoms with Crippen LogP contribution in [0, 0.1) is 23.2 Å². The minimum atomic E-state index is -1.16. The number of hydrogen-bond donors (Lipinski definition) is 3. The standard InChI is InChI=1S/C33H36N4O5/c1-33(2)22-18-37(32(42)25-15-20-11-6-7-13-23(20)35-25)28(27(22)33)30(40)36-24(16-21-12-8-14-26(21)38)29(39)31(41)34-17-19-9-4-3-5-10-19/h3-7,9-11,13,15,21-22,24,27-28,35H,8,12,14,16-18H2,1-2H3,(H,34,41)(H,36,40)/t21-,22-,24-,27-,28-/m0/s1. The van der Waals surface area contributed by atoms with Crippen molar-refractivity contribution in [2.75, 3.05) is 6.54 Å². The summed E-state index contributed by atoms with van der Waals surface area (Å²) in [4.78, 5) is 71.4. The summed E-state index contributed by atoms with van der Waals surface area (Å²) >= 11 is 0. The number of rotatable bonds is 9. The summed E-state index contributed by atoms with van der Waals surface area (Å²) in [5, 5.41) is 6.40. The van der Waals surface area contributed by atoms with E-state index in [2.05, 4.69) is 29.5 Å². The third kappa shape index (κ3) is 5.12. The van der Waals surface area contributed by atoms with Crippen LogP contribution in [0.1, 0.15) is 55.6 Å². The summed E-state index contributed by atoms with van der Waals surface area (Å²) in [5.74, 6) is -2.58. The van der Waals surface area contributed by atoms with Gasteiger partial charge in [-0.15, -0.1) is 0 Å². The zero-order valence-electron chi connectivity index (χ0n) is 23.9. The van der Waals surface area contributed by atoms with Crippen molar-refractivity contribution in [2.24, 2.45) is 23.2 Å². The molecule has 1 saturated heterocycles. The van der Waals surface area contributed by atoms with Crippen LogP contribution in [0.2, 0.25) is 0 Å². The third-order valence-corrected chi connectivity index (χ3v) is 9.60. The zero-order chi connectivity index (χ0) is 29.6. The van der Waals surface area contributed by atoms with E-state index in [4.69, 9.17) is 0 Å². The van der Waals surface area contributed by atoms with Crippen molar-refractivity contribution in [1.29, 1.82) is 0 Å². The maximum Gasteiger partial charge on any atom is 0.289 e. The number of hydrogen-bond acceptors (Lipinski definition) is 5. The average Bonchev–Trinajstić information content (AvgIpc) is 3.50. The first-order chi connectivity index (χ1) is 20.1. The van der Waals surface area contributed by atoms with E-state index in [9.17, 15) is 24.0 Å². The summed E-state index contributed by atoms with van der Waals surface area (Å²) in [5.41, 5.74) is 1.94. The van der Waals surface area contributed by atoms with Crippen LogP contribution in [0.4, 0.5) is 0 Å². The maximum atomic E-state index is 14.0. The molecule has 3 amide bonds. The molecule has 3 N–H and O–H groups in total. The summed E-state index contributed by atoms with van der Waals surface area (Å²) in [6.45, 7) is 4.78. The molecule has 1 aliphatic heterocycles. The highest BCUT2D eigenvalue weighted by Gasteiger charge is 2.69. The molecular formula is C33H36N4O5. The Labute approximate surface area is 244 Å². The Balaban J connectivity index is 1.22. The summed E-state index contributed by atoms with van der Waals surface area (Å²) in [6.07, 6.45) is 1.86. The van der Waals surface area contributed by atoms with Gasteiger partial charge in [0.1, 0.15) is 17.5 Å². The van der Waals surface area contributed by atoms with Crippen LogP contribution in [0.5, 0.6) is 0 Å². The van der Waals surface area contributed by atoms with Crippen LogP contribution in [0.3, 0.4) is 0 Å². The van der Waals surface area contributed by atoms with E-state index >= 15 is 0 Å². The van der Waals surface area contributed by atoms with Gasteiger partial charge < -0.3 is 20.5 Å². The first-order valence-corrected chi connectivity index (χ1v) is 14.7. The molecule has 2 aromatic carbocycles. The second-order valence-electron chi connectivity index (χ2n) is 12.5. The van der Waals surface area contributed by atoms with Gasteiger partial charge in [-0.25, -0.2) is 0 Å². The Morgan fingerprint density at radius 3 is 2.50 bits per heavy atom. The molecule has 9 nitrogen and oxygen atoms in total. The number of aromatic amines is 1. The van der Waals surface area contributed by atoms with E-state index in [0.29, 0.717) is 25.1 Å². The smallest absolute Gasteiger partial charge is 0.289 e. The highest BCUT2D eigenvalue weighted by atomic mass is 16.2. The van der Waals surface area contributed by atoms with Gasteiger partial charge in [0.2, 0.25) is 11.7 Å². The van der Waals surface area contributed by atoms with Crippen molar-refractivity contribution in [3.63, 3.8) is 0 Å². The van der Waals surface area contributed by atoms with Crippen LogP contribution >= 0.6 is 0 Å². The van der Waals surface area contributed by atoms with Crippen molar-refractivity contribution >= 4 is 40.2 Å². The van der Waals surface area contributed by atoms with Gasteiger partial charge in [0, 0.05) is 36.3 Å². The van der Waals surface area contributed by atoms with E-state index in [1.807, 2.05) is 54.6 Å². The number of Topliss-reactive ketones (excluding diaryl/α,β-unsaturated/α-hetero) is 2. The number of piperidine rings is 1. The molecule has 6 rings (SSSR count). The molecule has 3 aromatic rings. The maximum absolute atomic E-state index is 14.0. The van der Waals surface area contributed by atoms with Crippen molar-refractivity contribution in [3.8, 4) is 0 Å². The fourth-order valence-electron chi connectivity index (χ4n) is 7.07. The van der Waals surface area contributed by atoms with Crippen LogP contribution in [-0.2, 0) is 25.7 Å². The Morgan fingerprint density at radius 2 is 1.79 bits per heavy atom. The Bertz CT molecular complexity index is 1530. The molecule has 0 spiro atoms. The van der Waals surface area contributed by atoms with Crippen molar-refractivity contribution in [3.05, 3.63) is 71.9 Å². The molecule has 3 aliphatic rings. The second kappa shape index (κ2) is 10.9. The van der Waals surface area contributed by atoms with Crippen LogP contribution in [-0.4, -0.2) is 57.8 Å². The number of nitrogens with zero attached hydrogens (tertiary/aromatic N) is 1. The number of fused-ring (bicyclic) bond motifs is 2. The molecule has 9 heteroatoms. The van der Waals surface area contributed by atoms with E-state index in [-0.39, 0.29) is 47.8 Å². The number of likely N-dealkylation sites (tertiary alicyclic amines) is 1. The van der Waals surface area contributed by atoms with Gasteiger partial charge in [-0.2, -0.15) is 0 Å². The fraction of sp³-hybridized carbons (Fsp3) is 0.424. The number of H-pyrrole nitrogens is 1. The molecule has 0 radical (unpaired) electrons. The molecule has 2 aliphatic carbocycles. The summed E-state index contributed by atoms with van der Waals surface area (Å²) < 4.78 is 0. The number of para-hydroxylation sites is 1. The molecule has 218 valence electrons. The lowest BCUT2D eigenvalue weighted by Gasteiger charge is -2.31. The molecular weight excluding hydrogens is 532 g/mol. The zero-order valence-corrected chi connectivity index (χ0v) is 23.9. The first-order valence-electron chi connectivity index (χ1n) is 14.7. The molecule has 5 atom stereocenters.